The first kappa shape index (κ1) is 13.5. The van der Waals surface area contributed by atoms with Crippen LogP contribution < -0.4 is 5.32 Å². The van der Waals surface area contributed by atoms with Crippen LogP contribution in [0.4, 0.5) is 0 Å². The Labute approximate surface area is 118 Å². The molecule has 3 rings (SSSR count). The third-order valence-corrected chi connectivity index (χ3v) is 5.84. The Morgan fingerprint density at radius 2 is 2.00 bits per heavy atom. The fourth-order valence-corrected chi connectivity index (χ4v) is 4.79. The molecule has 4 unspecified atom stereocenters. The van der Waals surface area contributed by atoms with E-state index in [1.54, 1.807) is 0 Å². The van der Waals surface area contributed by atoms with Crippen LogP contribution in [-0.2, 0) is 0 Å². The van der Waals surface area contributed by atoms with Crippen LogP contribution in [0.3, 0.4) is 0 Å². The van der Waals surface area contributed by atoms with Gasteiger partial charge in [0.05, 0.1) is 6.54 Å². The maximum Gasteiger partial charge on any atom is 0.0598 e. The molecule has 1 saturated heterocycles. The summed E-state index contributed by atoms with van der Waals surface area (Å²) in [6.07, 6.45) is 14.0. The second-order valence-corrected chi connectivity index (χ2v) is 7.05. The molecule has 3 aliphatic rings. The van der Waals surface area contributed by atoms with Crippen molar-refractivity contribution in [2.75, 3.05) is 19.6 Å². The van der Waals surface area contributed by atoms with E-state index < -0.39 is 0 Å². The Kier molecular flexibility index (Phi) is 4.15. The number of rotatable bonds is 4. The molecule has 1 N–H and O–H groups in total. The molecule has 2 bridgehead atoms. The minimum atomic E-state index is 0.722. The number of nitrogens with zero attached hydrogens (tertiary/aromatic N) is 1. The Balaban J connectivity index is 1.43. The van der Waals surface area contributed by atoms with Gasteiger partial charge in [-0.25, -0.2) is 0 Å². The largest absolute Gasteiger partial charge is 0.311 e. The average molecular weight is 260 g/mol. The van der Waals surface area contributed by atoms with Crippen molar-refractivity contribution >= 4 is 0 Å². The Bertz CT molecular complexity index is 338. The van der Waals surface area contributed by atoms with E-state index >= 15 is 0 Å². The molecule has 106 valence electrons. The first-order valence-corrected chi connectivity index (χ1v) is 8.18. The van der Waals surface area contributed by atoms with Crippen LogP contribution in [-0.4, -0.2) is 36.6 Å². The maximum absolute atomic E-state index is 5.38. The molecular weight excluding hydrogens is 232 g/mol. The maximum atomic E-state index is 5.38. The van der Waals surface area contributed by atoms with Crippen molar-refractivity contribution < 1.29 is 0 Å². The SMILES string of the molecule is C#CCN1CCC(NC(C)C2CC3CCC2C3)CC1. The zero-order valence-electron chi connectivity index (χ0n) is 12.3. The molecule has 1 heterocycles. The van der Waals surface area contributed by atoms with Crippen LogP contribution in [0.2, 0.25) is 0 Å². The molecule has 2 heteroatoms. The highest BCUT2D eigenvalue weighted by molar-refractivity contribution is 4.96. The van der Waals surface area contributed by atoms with Crippen molar-refractivity contribution in [1.82, 2.24) is 10.2 Å². The van der Waals surface area contributed by atoms with Crippen LogP contribution >= 0.6 is 0 Å². The van der Waals surface area contributed by atoms with Crippen molar-refractivity contribution in [3.8, 4) is 12.3 Å². The highest BCUT2D eigenvalue weighted by atomic mass is 15.1. The van der Waals surface area contributed by atoms with Gasteiger partial charge in [-0.05, 0) is 56.8 Å². The van der Waals surface area contributed by atoms with Gasteiger partial charge in [0.25, 0.3) is 0 Å². The van der Waals surface area contributed by atoms with E-state index in [0.29, 0.717) is 0 Å². The van der Waals surface area contributed by atoms with Crippen molar-refractivity contribution in [3.05, 3.63) is 0 Å². The molecule has 1 aliphatic heterocycles. The van der Waals surface area contributed by atoms with Crippen LogP contribution in [0.5, 0.6) is 0 Å². The van der Waals surface area contributed by atoms with Crippen LogP contribution in [0.1, 0.15) is 45.4 Å². The van der Waals surface area contributed by atoms with E-state index in [4.69, 9.17) is 6.42 Å². The predicted molar refractivity (Wildman–Crippen MR) is 79.8 cm³/mol. The molecule has 2 saturated carbocycles. The van der Waals surface area contributed by atoms with Crippen LogP contribution in [0.15, 0.2) is 0 Å². The highest BCUT2D eigenvalue weighted by Gasteiger charge is 2.42. The summed E-state index contributed by atoms with van der Waals surface area (Å²) in [5.74, 6) is 5.82. The van der Waals surface area contributed by atoms with Crippen LogP contribution in [0, 0.1) is 30.1 Å². The molecular formula is C17H28N2. The van der Waals surface area contributed by atoms with E-state index in [2.05, 4.69) is 23.1 Å². The summed E-state index contributed by atoms with van der Waals surface area (Å²) < 4.78 is 0. The summed E-state index contributed by atoms with van der Waals surface area (Å²) >= 11 is 0. The summed E-state index contributed by atoms with van der Waals surface area (Å²) in [7, 11) is 0. The number of hydrogen-bond donors (Lipinski definition) is 1. The summed E-state index contributed by atoms with van der Waals surface area (Å²) in [6.45, 7) is 5.60. The Morgan fingerprint density at radius 1 is 1.21 bits per heavy atom. The van der Waals surface area contributed by atoms with Gasteiger partial charge in [-0.15, -0.1) is 6.42 Å². The molecule has 4 atom stereocenters. The summed E-state index contributed by atoms with van der Waals surface area (Å²) in [5, 5.41) is 3.93. The number of nitrogens with one attached hydrogen (secondary N) is 1. The van der Waals surface area contributed by atoms with Gasteiger partial charge in [0.2, 0.25) is 0 Å². The summed E-state index contributed by atoms with van der Waals surface area (Å²) in [4.78, 5) is 2.40. The molecule has 0 aromatic rings. The molecule has 2 aliphatic carbocycles. The van der Waals surface area contributed by atoms with Gasteiger partial charge < -0.3 is 5.32 Å². The standard InChI is InChI=1S/C17H28N2/c1-3-8-19-9-6-16(7-10-19)18-13(2)17-12-14-4-5-15(17)11-14/h1,13-18H,4-12H2,2H3. The lowest BCUT2D eigenvalue weighted by atomic mass is 9.83. The summed E-state index contributed by atoms with van der Waals surface area (Å²) in [5.41, 5.74) is 0. The van der Waals surface area contributed by atoms with Gasteiger partial charge in [0.15, 0.2) is 0 Å². The molecule has 0 aromatic heterocycles. The predicted octanol–water partition coefficient (Wildman–Crippen LogP) is 2.50. The molecule has 0 amide bonds. The molecule has 3 fully saturated rings. The first-order valence-electron chi connectivity index (χ1n) is 8.18. The van der Waals surface area contributed by atoms with Gasteiger partial charge in [0, 0.05) is 25.2 Å². The second kappa shape index (κ2) is 5.85. The number of piperidine rings is 1. The van der Waals surface area contributed by atoms with E-state index in [-0.39, 0.29) is 0 Å². The normalized spacial score (nSPS) is 37.4. The van der Waals surface area contributed by atoms with E-state index in [9.17, 15) is 0 Å². The summed E-state index contributed by atoms with van der Waals surface area (Å²) in [6, 6.07) is 1.45. The fraction of sp³-hybridized carbons (Fsp3) is 0.882. The molecule has 0 spiro atoms. The lowest BCUT2D eigenvalue weighted by molar-refractivity contribution is 0.184. The molecule has 19 heavy (non-hydrogen) atoms. The van der Waals surface area contributed by atoms with E-state index in [0.717, 1.165) is 36.4 Å². The van der Waals surface area contributed by atoms with Gasteiger partial charge in [0.1, 0.15) is 0 Å². The first-order chi connectivity index (χ1) is 9.26. The Hall–Kier alpha value is -0.520. The highest BCUT2D eigenvalue weighted by Crippen LogP contribution is 2.49. The van der Waals surface area contributed by atoms with Crippen LogP contribution in [0.25, 0.3) is 0 Å². The minimum Gasteiger partial charge on any atom is -0.311 e. The smallest absolute Gasteiger partial charge is 0.0598 e. The van der Waals surface area contributed by atoms with Crippen molar-refractivity contribution in [1.29, 1.82) is 0 Å². The van der Waals surface area contributed by atoms with Gasteiger partial charge in [-0.2, -0.15) is 0 Å². The second-order valence-electron chi connectivity index (χ2n) is 7.05. The fourth-order valence-electron chi connectivity index (χ4n) is 4.79. The molecule has 0 aromatic carbocycles. The van der Waals surface area contributed by atoms with Gasteiger partial charge in [-0.3, -0.25) is 4.90 Å². The molecule has 2 nitrogen and oxygen atoms in total. The van der Waals surface area contributed by atoms with Crippen molar-refractivity contribution in [3.63, 3.8) is 0 Å². The number of terminal acetylenes is 1. The van der Waals surface area contributed by atoms with Gasteiger partial charge >= 0.3 is 0 Å². The quantitative estimate of drug-likeness (QED) is 0.781. The van der Waals surface area contributed by atoms with Crippen molar-refractivity contribution in [2.45, 2.75) is 57.5 Å². The number of hydrogen-bond acceptors (Lipinski definition) is 2. The zero-order valence-corrected chi connectivity index (χ0v) is 12.3. The average Bonchev–Trinajstić information content (AvgIpc) is 3.04. The van der Waals surface area contributed by atoms with E-state index in [1.807, 2.05) is 0 Å². The number of fused-ring (bicyclic) bond motifs is 2. The minimum absolute atomic E-state index is 0.722. The topological polar surface area (TPSA) is 15.3 Å². The third-order valence-electron chi connectivity index (χ3n) is 5.84. The van der Waals surface area contributed by atoms with Crippen molar-refractivity contribution in [2.24, 2.45) is 17.8 Å². The molecule has 0 radical (unpaired) electrons. The number of likely N-dealkylation sites (tertiary alicyclic amines) is 1. The lowest BCUT2D eigenvalue weighted by Crippen LogP contribution is -2.48. The van der Waals surface area contributed by atoms with E-state index in [1.165, 1.54) is 51.6 Å². The third kappa shape index (κ3) is 2.98. The zero-order chi connectivity index (χ0) is 13.2. The Morgan fingerprint density at radius 3 is 2.58 bits per heavy atom. The van der Waals surface area contributed by atoms with Gasteiger partial charge in [-0.1, -0.05) is 12.3 Å². The lowest BCUT2D eigenvalue weighted by Gasteiger charge is -2.36. The monoisotopic (exact) mass is 260 g/mol.